The van der Waals surface area contributed by atoms with E-state index in [0.717, 1.165) is 33.5 Å². The second-order valence-electron chi connectivity index (χ2n) is 7.66. The van der Waals surface area contributed by atoms with Gasteiger partial charge in [0.1, 0.15) is 5.75 Å². The second-order valence-corrected chi connectivity index (χ2v) is 8.58. The minimum absolute atomic E-state index is 0.0584. The first kappa shape index (κ1) is 18.3. The van der Waals surface area contributed by atoms with E-state index < -0.39 is 5.97 Å². The fourth-order valence-electron chi connectivity index (χ4n) is 4.95. The highest BCUT2D eigenvalue weighted by molar-refractivity contribution is 9.10. The Balaban J connectivity index is 1.71. The summed E-state index contributed by atoms with van der Waals surface area (Å²) in [5.74, 6) is 0.375. The molecule has 2 N–H and O–H groups in total. The van der Waals surface area contributed by atoms with Crippen molar-refractivity contribution >= 4 is 27.6 Å². The maximum absolute atomic E-state index is 11.6. The van der Waals surface area contributed by atoms with Gasteiger partial charge in [0.05, 0.1) is 18.7 Å². The minimum Gasteiger partial charge on any atom is -0.496 e. The van der Waals surface area contributed by atoms with E-state index in [4.69, 9.17) is 4.74 Å². The van der Waals surface area contributed by atoms with Gasteiger partial charge in [-0.3, -0.25) is 0 Å². The maximum Gasteiger partial charge on any atom is 0.335 e. The predicted molar refractivity (Wildman–Crippen MR) is 116 cm³/mol. The van der Waals surface area contributed by atoms with E-state index in [1.54, 1.807) is 13.2 Å². The number of fused-ring (bicyclic) bond motifs is 5. The first-order valence-corrected chi connectivity index (χ1v) is 10.4. The van der Waals surface area contributed by atoms with Crippen molar-refractivity contribution in [1.29, 1.82) is 0 Å². The van der Waals surface area contributed by atoms with Crippen LogP contribution in [0.3, 0.4) is 0 Å². The standard InChI is InChI=1S/C24H20BrNO3/c1-29-21-9-7-15(25)12-18(21)23-19-10-13-4-2-3-5-16(13)22(19)17-11-14(24(27)28)6-8-20(17)26-23/h2-9,11-12,19,22-23,26H,10H2,1H3,(H,27,28)/t19-,22+,23-/m0/s1. The summed E-state index contributed by atoms with van der Waals surface area (Å²) < 4.78 is 6.69. The Hall–Kier alpha value is -2.79. The van der Waals surface area contributed by atoms with Gasteiger partial charge in [0.15, 0.2) is 0 Å². The molecule has 3 aromatic rings. The summed E-state index contributed by atoms with van der Waals surface area (Å²) >= 11 is 3.60. The molecule has 1 aliphatic carbocycles. The fraction of sp³-hybridized carbons (Fsp3) is 0.208. The molecule has 1 heterocycles. The number of benzene rings is 3. The number of carboxylic acid groups (broad SMARTS) is 1. The van der Waals surface area contributed by atoms with E-state index in [1.165, 1.54) is 11.1 Å². The van der Waals surface area contributed by atoms with E-state index in [0.29, 0.717) is 5.56 Å². The number of anilines is 1. The lowest BCUT2D eigenvalue weighted by molar-refractivity contribution is 0.0696. The molecule has 1 aliphatic heterocycles. The van der Waals surface area contributed by atoms with Crippen LogP contribution >= 0.6 is 15.9 Å². The van der Waals surface area contributed by atoms with Crippen LogP contribution in [-0.4, -0.2) is 18.2 Å². The lowest BCUT2D eigenvalue weighted by Crippen LogP contribution is -2.31. The summed E-state index contributed by atoms with van der Waals surface area (Å²) in [4.78, 5) is 11.6. The number of nitrogens with one attached hydrogen (secondary N) is 1. The first-order valence-electron chi connectivity index (χ1n) is 9.62. The number of carboxylic acids is 1. The van der Waals surface area contributed by atoms with Crippen molar-refractivity contribution in [1.82, 2.24) is 0 Å². The highest BCUT2D eigenvalue weighted by Crippen LogP contribution is 2.55. The van der Waals surface area contributed by atoms with Crippen molar-refractivity contribution in [3.63, 3.8) is 0 Å². The van der Waals surface area contributed by atoms with Crippen LogP contribution in [0, 0.1) is 5.92 Å². The summed E-state index contributed by atoms with van der Waals surface area (Å²) in [5.41, 5.74) is 6.11. The smallest absolute Gasteiger partial charge is 0.335 e. The molecule has 3 aromatic carbocycles. The number of hydrogen-bond acceptors (Lipinski definition) is 3. The van der Waals surface area contributed by atoms with Crippen LogP contribution in [-0.2, 0) is 6.42 Å². The molecular weight excluding hydrogens is 430 g/mol. The van der Waals surface area contributed by atoms with Crippen LogP contribution in [0.4, 0.5) is 5.69 Å². The Morgan fingerprint density at radius 2 is 1.90 bits per heavy atom. The Morgan fingerprint density at radius 3 is 2.69 bits per heavy atom. The summed E-state index contributed by atoms with van der Waals surface area (Å²) in [6.07, 6.45) is 0.935. The number of methoxy groups -OCH3 is 1. The average Bonchev–Trinajstić information content (AvgIpc) is 3.12. The van der Waals surface area contributed by atoms with Gasteiger partial charge in [-0.15, -0.1) is 0 Å². The van der Waals surface area contributed by atoms with Crippen LogP contribution in [0.1, 0.15) is 44.6 Å². The normalized spacial score (nSPS) is 21.5. The molecule has 0 radical (unpaired) electrons. The molecule has 0 saturated heterocycles. The highest BCUT2D eigenvalue weighted by atomic mass is 79.9. The largest absolute Gasteiger partial charge is 0.496 e. The van der Waals surface area contributed by atoms with E-state index >= 15 is 0 Å². The Labute approximate surface area is 177 Å². The topological polar surface area (TPSA) is 58.6 Å². The molecule has 0 amide bonds. The lowest BCUT2D eigenvalue weighted by atomic mass is 9.75. The van der Waals surface area contributed by atoms with E-state index in [1.807, 2.05) is 24.3 Å². The molecule has 0 aromatic heterocycles. The number of halogens is 1. The zero-order valence-corrected chi connectivity index (χ0v) is 17.4. The van der Waals surface area contributed by atoms with Gasteiger partial charge < -0.3 is 15.2 Å². The van der Waals surface area contributed by atoms with Gasteiger partial charge >= 0.3 is 5.97 Å². The molecular formula is C24H20BrNO3. The number of hydrogen-bond donors (Lipinski definition) is 2. The highest BCUT2D eigenvalue weighted by Gasteiger charge is 2.44. The molecule has 0 spiro atoms. The molecule has 2 aliphatic rings. The summed E-state index contributed by atoms with van der Waals surface area (Å²) in [6, 6.07) is 20.1. The second kappa shape index (κ2) is 6.92. The average molecular weight is 450 g/mol. The number of ether oxygens (including phenoxy) is 1. The number of rotatable bonds is 3. The third kappa shape index (κ3) is 2.92. The van der Waals surface area contributed by atoms with Gasteiger partial charge in [-0.1, -0.05) is 40.2 Å². The van der Waals surface area contributed by atoms with Gasteiger partial charge in [-0.25, -0.2) is 4.79 Å². The lowest BCUT2D eigenvalue weighted by Gasteiger charge is -2.38. The van der Waals surface area contributed by atoms with Crippen molar-refractivity contribution in [2.45, 2.75) is 18.4 Å². The molecule has 0 unspecified atom stereocenters. The van der Waals surface area contributed by atoms with Gasteiger partial charge in [0.25, 0.3) is 0 Å². The zero-order chi connectivity index (χ0) is 20.1. The fourth-order valence-corrected chi connectivity index (χ4v) is 5.33. The molecule has 0 fully saturated rings. The van der Waals surface area contributed by atoms with Crippen molar-refractivity contribution in [3.05, 3.63) is 93.0 Å². The molecule has 5 heteroatoms. The van der Waals surface area contributed by atoms with Crippen molar-refractivity contribution in [2.75, 3.05) is 12.4 Å². The molecule has 0 bridgehead atoms. The summed E-state index contributed by atoms with van der Waals surface area (Å²) in [5, 5.41) is 13.2. The van der Waals surface area contributed by atoms with Crippen LogP contribution in [0.5, 0.6) is 5.75 Å². The zero-order valence-electron chi connectivity index (χ0n) is 15.9. The third-order valence-corrected chi connectivity index (χ3v) is 6.67. The van der Waals surface area contributed by atoms with Crippen molar-refractivity contribution < 1.29 is 14.6 Å². The predicted octanol–water partition coefficient (Wildman–Crippen LogP) is 5.63. The quantitative estimate of drug-likeness (QED) is 0.544. The van der Waals surface area contributed by atoms with Crippen LogP contribution in [0.25, 0.3) is 0 Å². The van der Waals surface area contributed by atoms with Crippen molar-refractivity contribution in [3.8, 4) is 5.75 Å². The van der Waals surface area contributed by atoms with Gasteiger partial charge in [0, 0.05) is 21.6 Å². The van der Waals surface area contributed by atoms with E-state index in [9.17, 15) is 9.90 Å². The number of aromatic carboxylic acids is 1. The Morgan fingerprint density at radius 1 is 1.07 bits per heavy atom. The van der Waals surface area contributed by atoms with E-state index in [-0.39, 0.29) is 17.9 Å². The molecule has 146 valence electrons. The van der Waals surface area contributed by atoms with Crippen LogP contribution in [0.2, 0.25) is 0 Å². The molecule has 29 heavy (non-hydrogen) atoms. The molecule has 0 saturated carbocycles. The Kier molecular flexibility index (Phi) is 4.36. The number of carbonyl (C=O) groups is 1. The van der Waals surface area contributed by atoms with Gasteiger partial charge in [-0.2, -0.15) is 0 Å². The van der Waals surface area contributed by atoms with Crippen LogP contribution in [0.15, 0.2) is 65.1 Å². The van der Waals surface area contributed by atoms with E-state index in [2.05, 4.69) is 51.6 Å². The molecule has 4 nitrogen and oxygen atoms in total. The summed E-state index contributed by atoms with van der Waals surface area (Å²) in [6.45, 7) is 0. The molecule has 5 rings (SSSR count). The van der Waals surface area contributed by atoms with Gasteiger partial charge in [0.2, 0.25) is 0 Å². The third-order valence-electron chi connectivity index (χ3n) is 6.17. The first-order chi connectivity index (χ1) is 14.1. The molecule has 3 atom stereocenters. The minimum atomic E-state index is -0.897. The van der Waals surface area contributed by atoms with Crippen LogP contribution < -0.4 is 10.1 Å². The monoisotopic (exact) mass is 449 g/mol. The summed E-state index contributed by atoms with van der Waals surface area (Å²) in [7, 11) is 1.70. The SMILES string of the molecule is COc1ccc(Br)cc1[C@@H]1Nc2ccc(C(=O)O)cc2[C@H]2c3ccccc3C[C@@H]21. The Bertz CT molecular complexity index is 1130. The maximum atomic E-state index is 11.6. The van der Waals surface area contributed by atoms with Crippen molar-refractivity contribution in [2.24, 2.45) is 5.92 Å². The van der Waals surface area contributed by atoms with Gasteiger partial charge in [-0.05, 0) is 65.4 Å².